The van der Waals surface area contributed by atoms with Gasteiger partial charge in [-0.3, -0.25) is 0 Å². The van der Waals surface area contributed by atoms with Crippen molar-refractivity contribution in [3.8, 4) is 0 Å². The van der Waals surface area contributed by atoms with Gasteiger partial charge in [-0.05, 0) is 33.1 Å². The van der Waals surface area contributed by atoms with Crippen molar-refractivity contribution in [2.45, 2.75) is 58.7 Å². The second-order valence-electron chi connectivity index (χ2n) is 5.26. The second kappa shape index (κ2) is 6.04. The van der Waals surface area contributed by atoms with Crippen LogP contribution in [0.25, 0.3) is 0 Å². The molecular formula is C13H24N6. The van der Waals surface area contributed by atoms with Crippen LogP contribution in [0.4, 0.5) is 0 Å². The van der Waals surface area contributed by atoms with Crippen LogP contribution in [-0.4, -0.2) is 32.8 Å². The van der Waals surface area contributed by atoms with Gasteiger partial charge >= 0.3 is 0 Å². The Hall–Kier alpha value is -1.59. The van der Waals surface area contributed by atoms with Gasteiger partial charge in [0, 0.05) is 19.1 Å². The molecule has 1 aromatic heterocycles. The summed E-state index contributed by atoms with van der Waals surface area (Å²) in [5.74, 6) is 2.69. The highest BCUT2D eigenvalue weighted by molar-refractivity contribution is 5.80. The summed E-state index contributed by atoms with van der Waals surface area (Å²) in [6.45, 7) is 6.83. The maximum Gasteiger partial charge on any atom is 0.192 e. The highest BCUT2D eigenvalue weighted by atomic mass is 15.3. The van der Waals surface area contributed by atoms with E-state index in [2.05, 4.69) is 39.7 Å². The SMILES string of the molecule is CCC(C)NC(=NCc1nnc(C)n1C)NC1CC1. The first-order valence-corrected chi connectivity index (χ1v) is 7.02. The van der Waals surface area contributed by atoms with Gasteiger partial charge in [0.1, 0.15) is 12.4 Å². The molecule has 0 aromatic carbocycles. The Morgan fingerprint density at radius 3 is 2.74 bits per heavy atom. The van der Waals surface area contributed by atoms with Crippen molar-refractivity contribution in [2.75, 3.05) is 0 Å². The zero-order valence-corrected chi connectivity index (χ0v) is 12.3. The lowest BCUT2D eigenvalue weighted by atomic mass is 10.3. The van der Waals surface area contributed by atoms with Crippen molar-refractivity contribution in [1.29, 1.82) is 0 Å². The average molecular weight is 264 g/mol. The fourth-order valence-electron chi connectivity index (χ4n) is 1.63. The highest BCUT2D eigenvalue weighted by Crippen LogP contribution is 2.18. The molecule has 0 aliphatic heterocycles. The van der Waals surface area contributed by atoms with E-state index < -0.39 is 0 Å². The molecule has 1 aromatic rings. The summed E-state index contributed by atoms with van der Waals surface area (Å²) in [5, 5.41) is 15.0. The van der Waals surface area contributed by atoms with Crippen molar-refractivity contribution in [2.24, 2.45) is 12.0 Å². The Bertz CT molecular complexity index is 446. The van der Waals surface area contributed by atoms with Gasteiger partial charge in [-0.25, -0.2) is 4.99 Å². The Morgan fingerprint density at radius 2 is 2.21 bits per heavy atom. The number of aryl methyl sites for hydroxylation is 1. The summed E-state index contributed by atoms with van der Waals surface area (Å²) in [5.41, 5.74) is 0. The van der Waals surface area contributed by atoms with Crippen molar-refractivity contribution in [1.82, 2.24) is 25.4 Å². The molecule has 1 aliphatic carbocycles. The molecule has 6 heteroatoms. The summed E-state index contributed by atoms with van der Waals surface area (Å²) in [7, 11) is 1.97. The molecule has 1 heterocycles. The first-order valence-electron chi connectivity index (χ1n) is 7.02. The van der Waals surface area contributed by atoms with E-state index in [1.54, 1.807) is 0 Å². The van der Waals surface area contributed by atoms with Crippen LogP contribution in [0.15, 0.2) is 4.99 Å². The lowest BCUT2D eigenvalue weighted by Gasteiger charge is -2.16. The van der Waals surface area contributed by atoms with Gasteiger partial charge in [-0.1, -0.05) is 6.92 Å². The van der Waals surface area contributed by atoms with Gasteiger partial charge in [0.25, 0.3) is 0 Å². The Kier molecular flexibility index (Phi) is 4.39. The third-order valence-corrected chi connectivity index (χ3v) is 3.48. The average Bonchev–Trinajstić information content (AvgIpc) is 3.15. The van der Waals surface area contributed by atoms with E-state index in [4.69, 9.17) is 0 Å². The lowest BCUT2D eigenvalue weighted by molar-refractivity contribution is 0.620. The van der Waals surface area contributed by atoms with E-state index >= 15 is 0 Å². The molecule has 106 valence electrons. The Labute approximate surface area is 114 Å². The maximum absolute atomic E-state index is 4.61. The third kappa shape index (κ3) is 3.94. The van der Waals surface area contributed by atoms with Gasteiger partial charge in [0.2, 0.25) is 0 Å². The van der Waals surface area contributed by atoms with Crippen LogP contribution >= 0.6 is 0 Å². The van der Waals surface area contributed by atoms with E-state index in [1.165, 1.54) is 12.8 Å². The van der Waals surface area contributed by atoms with Crippen molar-refractivity contribution in [3.63, 3.8) is 0 Å². The summed E-state index contributed by atoms with van der Waals surface area (Å²) < 4.78 is 1.97. The van der Waals surface area contributed by atoms with Crippen LogP contribution < -0.4 is 10.6 Å². The number of hydrogen-bond acceptors (Lipinski definition) is 3. The minimum absolute atomic E-state index is 0.422. The van der Waals surface area contributed by atoms with Crippen LogP contribution in [0, 0.1) is 6.92 Å². The van der Waals surface area contributed by atoms with E-state index in [-0.39, 0.29) is 0 Å². The van der Waals surface area contributed by atoms with Gasteiger partial charge in [0.05, 0.1) is 0 Å². The van der Waals surface area contributed by atoms with Crippen molar-refractivity contribution >= 4 is 5.96 Å². The third-order valence-electron chi connectivity index (χ3n) is 3.48. The fourth-order valence-corrected chi connectivity index (χ4v) is 1.63. The minimum atomic E-state index is 0.422. The second-order valence-corrected chi connectivity index (χ2v) is 5.26. The number of guanidine groups is 1. The predicted molar refractivity (Wildman–Crippen MR) is 75.9 cm³/mol. The molecule has 0 amide bonds. The first-order chi connectivity index (χ1) is 9.10. The molecule has 1 fully saturated rings. The van der Waals surface area contributed by atoms with Gasteiger partial charge < -0.3 is 15.2 Å². The number of rotatable bonds is 5. The molecule has 19 heavy (non-hydrogen) atoms. The molecule has 6 nitrogen and oxygen atoms in total. The standard InChI is InChI=1S/C13H24N6/c1-5-9(2)15-13(16-11-6-7-11)14-8-12-18-17-10(3)19(12)4/h9,11H,5-8H2,1-4H3,(H2,14,15,16). The van der Waals surface area contributed by atoms with Gasteiger partial charge in [-0.15, -0.1) is 10.2 Å². The van der Waals surface area contributed by atoms with E-state index in [0.29, 0.717) is 18.6 Å². The molecule has 1 aliphatic rings. The number of nitrogens with one attached hydrogen (secondary N) is 2. The zero-order valence-electron chi connectivity index (χ0n) is 12.3. The van der Waals surface area contributed by atoms with Crippen LogP contribution in [0.5, 0.6) is 0 Å². The Balaban J connectivity index is 1.99. The lowest BCUT2D eigenvalue weighted by Crippen LogP contribution is -2.43. The number of hydrogen-bond donors (Lipinski definition) is 2. The van der Waals surface area contributed by atoms with Crippen molar-refractivity contribution in [3.05, 3.63) is 11.6 Å². The first kappa shape index (κ1) is 13.8. The highest BCUT2D eigenvalue weighted by Gasteiger charge is 2.22. The molecule has 0 saturated heterocycles. The maximum atomic E-state index is 4.61. The molecule has 2 rings (SSSR count). The van der Waals surface area contributed by atoms with Gasteiger partial charge in [-0.2, -0.15) is 0 Å². The van der Waals surface area contributed by atoms with Crippen LogP contribution in [0.1, 0.15) is 44.8 Å². The molecule has 1 atom stereocenters. The Morgan fingerprint density at radius 1 is 1.47 bits per heavy atom. The molecule has 0 radical (unpaired) electrons. The normalized spacial score (nSPS) is 17.4. The van der Waals surface area contributed by atoms with Gasteiger partial charge in [0.15, 0.2) is 11.8 Å². The predicted octanol–water partition coefficient (Wildman–Crippen LogP) is 1.12. The summed E-state index contributed by atoms with van der Waals surface area (Å²) >= 11 is 0. The monoisotopic (exact) mass is 264 g/mol. The molecule has 1 saturated carbocycles. The van der Waals surface area contributed by atoms with E-state index in [9.17, 15) is 0 Å². The fraction of sp³-hybridized carbons (Fsp3) is 0.769. The summed E-state index contributed by atoms with van der Waals surface area (Å²) in [6, 6.07) is 1.02. The molecule has 0 spiro atoms. The molecule has 2 N–H and O–H groups in total. The summed E-state index contributed by atoms with van der Waals surface area (Å²) in [6.07, 6.45) is 3.56. The van der Waals surface area contributed by atoms with Crippen LogP contribution in [0.2, 0.25) is 0 Å². The largest absolute Gasteiger partial charge is 0.354 e. The quantitative estimate of drug-likeness (QED) is 0.618. The van der Waals surface area contributed by atoms with E-state index in [0.717, 1.165) is 24.0 Å². The topological polar surface area (TPSA) is 67.1 Å². The summed E-state index contributed by atoms with van der Waals surface area (Å²) in [4.78, 5) is 4.61. The van der Waals surface area contributed by atoms with E-state index in [1.807, 2.05) is 18.5 Å². The van der Waals surface area contributed by atoms with Crippen LogP contribution in [-0.2, 0) is 13.6 Å². The number of aliphatic imine (C=N–C) groups is 1. The molecular weight excluding hydrogens is 240 g/mol. The molecule has 1 unspecified atom stereocenters. The molecule has 0 bridgehead atoms. The zero-order chi connectivity index (χ0) is 13.8. The smallest absolute Gasteiger partial charge is 0.192 e. The van der Waals surface area contributed by atoms with Crippen LogP contribution in [0.3, 0.4) is 0 Å². The van der Waals surface area contributed by atoms with Crippen molar-refractivity contribution < 1.29 is 0 Å². The number of aromatic nitrogens is 3. The minimum Gasteiger partial charge on any atom is -0.354 e. The number of nitrogens with zero attached hydrogens (tertiary/aromatic N) is 4.